The van der Waals surface area contributed by atoms with Crippen molar-refractivity contribution < 1.29 is 4.39 Å². The Balaban J connectivity index is 1.88. The quantitative estimate of drug-likeness (QED) is 0.692. The summed E-state index contributed by atoms with van der Waals surface area (Å²) in [7, 11) is 0. The molecular weight excluding hydrogens is 335 g/mol. The van der Waals surface area contributed by atoms with Gasteiger partial charge < -0.3 is 0 Å². The lowest BCUT2D eigenvalue weighted by Gasteiger charge is -2.32. The van der Waals surface area contributed by atoms with E-state index in [0.29, 0.717) is 11.3 Å². The van der Waals surface area contributed by atoms with Gasteiger partial charge in [-0.15, -0.1) is 5.10 Å². The highest BCUT2D eigenvalue weighted by Gasteiger charge is 2.26. The van der Waals surface area contributed by atoms with E-state index < -0.39 is 0 Å². The fourth-order valence-corrected chi connectivity index (χ4v) is 3.16. The Morgan fingerprint density at radius 2 is 1.80 bits per heavy atom. The Labute approximate surface area is 151 Å². The molecule has 3 rings (SSSR count). The van der Waals surface area contributed by atoms with E-state index in [0.717, 1.165) is 16.5 Å². The predicted octanol–water partition coefficient (Wildman–Crippen LogP) is 4.63. The zero-order valence-corrected chi connectivity index (χ0v) is 15.3. The minimum atomic E-state index is -0.237. The van der Waals surface area contributed by atoms with Crippen molar-refractivity contribution in [2.24, 2.45) is 5.41 Å². The van der Waals surface area contributed by atoms with Crippen LogP contribution in [0.5, 0.6) is 0 Å². The molecule has 0 spiro atoms. The van der Waals surface area contributed by atoms with Crippen molar-refractivity contribution >= 4 is 23.1 Å². The van der Waals surface area contributed by atoms with Crippen LogP contribution in [0.3, 0.4) is 0 Å². The molecule has 0 bridgehead atoms. The fourth-order valence-electron chi connectivity index (χ4n) is 2.88. The number of nitrogens with zero attached hydrogens (tertiary/aromatic N) is 3. The Hall–Kier alpha value is -2.18. The molecule has 0 aliphatic rings. The summed E-state index contributed by atoms with van der Waals surface area (Å²) in [6, 6.07) is 14.3. The van der Waals surface area contributed by atoms with Crippen LogP contribution in [0.15, 0.2) is 48.5 Å². The van der Waals surface area contributed by atoms with Gasteiger partial charge in [-0.05, 0) is 35.2 Å². The number of hydrogen-bond acceptors (Lipinski definition) is 4. The molecule has 3 aromatic rings. The second kappa shape index (κ2) is 6.98. The van der Waals surface area contributed by atoms with Gasteiger partial charge in [-0.25, -0.2) is 9.07 Å². The first-order valence-electron chi connectivity index (χ1n) is 8.17. The van der Waals surface area contributed by atoms with Crippen LogP contribution in [0.1, 0.15) is 32.4 Å². The number of hydrogen-bond donors (Lipinski definition) is 1. The fraction of sp³-hybridized carbons (Fsp3) is 0.316. The van der Waals surface area contributed by atoms with Gasteiger partial charge in [0.2, 0.25) is 0 Å². The van der Waals surface area contributed by atoms with Gasteiger partial charge in [-0.1, -0.05) is 62.5 Å². The van der Waals surface area contributed by atoms with Gasteiger partial charge in [0.25, 0.3) is 0 Å². The van der Waals surface area contributed by atoms with Crippen molar-refractivity contribution in [3.8, 4) is 0 Å². The lowest BCUT2D eigenvalue weighted by Crippen LogP contribution is -2.34. The average molecular weight is 356 g/mol. The third-order valence-electron chi connectivity index (χ3n) is 4.14. The van der Waals surface area contributed by atoms with Crippen LogP contribution in [-0.4, -0.2) is 15.0 Å². The minimum absolute atomic E-state index is 0.0169. The monoisotopic (exact) mass is 356 g/mol. The largest absolute Gasteiger partial charge is 0.291 e. The Bertz CT molecular complexity index is 929. The van der Waals surface area contributed by atoms with Gasteiger partial charge in [-0.3, -0.25) is 5.32 Å². The molecular formula is C19H21FN4S. The second-order valence-electron chi connectivity index (χ2n) is 7.12. The maximum atomic E-state index is 13.2. The first-order valence-corrected chi connectivity index (χ1v) is 8.58. The highest BCUT2D eigenvalue weighted by molar-refractivity contribution is 7.71. The molecule has 0 saturated heterocycles. The zero-order valence-electron chi connectivity index (χ0n) is 14.5. The van der Waals surface area contributed by atoms with Crippen LogP contribution in [0.2, 0.25) is 0 Å². The van der Waals surface area contributed by atoms with Crippen molar-refractivity contribution in [3.05, 3.63) is 64.6 Å². The maximum absolute atomic E-state index is 13.2. The average Bonchev–Trinajstić information content (AvgIpc) is 2.57. The molecule has 0 saturated carbocycles. The van der Waals surface area contributed by atoms with E-state index in [4.69, 9.17) is 12.2 Å². The molecule has 1 atom stereocenters. The molecule has 1 N–H and O–H groups in total. The summed E-state index contributed by atoms with van der Waals surface area (Å²) in [6.07, 6.45) is 0. The maximum Gasteiger partial charge on any atom is 0.135 e. The summed E-state index contributed by atoms with van der Waals surface area (Å²) >= 11 is 5.54. The summed E-state index contributed by atoms with van der Waals surface area (Å²) in [5.74, 6) is -0.237. The molecule has 1 unspecified atom stereocenters. The molecule has 1 aromatic heterocycles. The molecule has 0 aliphatic heterocycles. The highest BCUT2D eigenvalue weighted by atomic mass is 32.1. The van der Waals surface area contributed by atoms with Gasteiger partial charge in [-0.2, -0.15) is 0 Å². The second-order valence-corrected chi connectivity index (χ2v) is 7.51. The van der Waals surface area contributed by atoms with Gasteiger partial charge in [0.1, 0.15) is 10.5 Å². The SMILES string of the molecule is CC(C)(C)C(NCn1nnc2ccccc2c1=S)c1ccc(F)cc1. The smallest absolute Gasteiger partial charge is 0.135 e. The molecule has 0 radical (unpaired) electrons. The van der Waals surface area contributed by atoms with Crippen LogP contribution in [0.25, 0.3) is 10.9 Å². The van der Waals surface area contributed by atoms with Gasteiger partial charge in [0, 0.05) is 11.4 Å². The van der Waals surface area contributed by atoms with Crippen molar-refractivity contribution in [2.45, 2.75) is 33.5 Å². The van der Waals surface area contributed by atoms with E-state index >= 15 is 0 Å². The molecule has 0 fully saturated rings. The third-order valence-corrected chi connectivity index (χ3v) is 4.57. The van der Waals surface area contributed by atoms with Crippen molar-refractivity contribution in [1.29, 1.82) is 0 Å². The lowest BCUT2D eigenvalue weighted by molar-refractivity contribution is 0.249. The standard InChI is InChI=1S/C19H21FN4S/c1-19(2,3)17(13-8-10-14(20)11-9-13)21-12-24-18(25)15-6-4-5-7-16(15)22-23-24/h4-11,17,21H,12H2,1-3H3. The van der Waals surface area contributed by atoms with E-state index in [9.17, 15) is 4.39 Å². The van der Waals surface area contributed by atoms with E-state index in [1.54, 1.807) is 4.68 Å². The van der Waals surface area contributed by atoms with E-state index in [1.807, 2.05) is 36.4 Å². The molecule has 130 valence electrons. The number of benzene rings is 2. The van der Waals surface area contributed by atoms with Crippen molar-refractivity contribution in [2.75, 3.05) is 0 Å². The number of nitrogens with one attached hydrogen (secondary N) is 1. The molecule has 0 aliphatic carbocycles. The molecule has 2 aromatic carbocycles. The number of aromatic nitrogens is 3. The molecule has 4 nitrogen and oxygen atoms in total. The van der Waals surface area contributed by atoms with Crippen LogP contribution in [0.4, 0.5) is 4.39 Å². The predicted molar refractivity (Wildman–Crippen MR) is 100 cm³/mol. The lowest BCUT2D eigenvalue weighted by atomic mass is 9.82. The van der Waals surface area contributed by atoms with Crippen molar-refractivity contribution in [1.82, 2.24) is 20.3 Å². The third kappa shape index (κ3) is 3.91. The van der Waals surface area contributed by atoms with Gasteiger partial charge >= 0.3 is 0 Å². The molecule has 0 amide bonds. The summed E-state index contributed by atoms with van der Waals surface area (Å²) in [5.41, 5.74) is 1.74. The number of rotatable bonds is 4. The summed E-state index contributed by atoms with van der Waals surface area (Å²) in [5, 5.41) is 12.8. The number of halogens is 1. The van der Waals surface area contributed by atoms with Crippen LogP contribution in [-0.2, 0) is 6.67 Å². The molecule has 1 heterocycles. The van der Waals surface area contributed by atoms with E-state index in [2.05, 4.69) is 36.4 Å². The van der Waals surface area contributed by atoms with Crippen molar-refractivity contribution in [3.63, 3.8) is 0 Å². The summed E-state index contributed by atoms with van der Waals surface area (Å²) < 4.78 is 15.6. The van der Waals surface area contributed by atoms with Crippen LogP contribution < -0.4 is 5.32 Å². The van der Waals surface area contributed by atoms with Gasteiger partial charge in [0.05, 0.1) is 12.2 Å². The minimum Gasteiger partial charge on any atom is -0.291 e. The zero-order chi connectivity index (χ0) is 18.0. The van der Waals surface area contributed by atoms with Gasteiger partial charge in [0.15, 0.2) is 0 Å². The highest BCUT2D eigenvalue weighted by Crippen LogP contribution is 2.32. The first kappa shape index (κ1) is 17.6. The number of fused-ring (bicyclic) bond motifs is 1. The Kier molecular flexibility index (Phi) is 4.92. The topological polar surface area (TPSA) is 42.7 Å². The molecule has 25 heavy (non-hydrogen) atoms. The summed E-state index contributed by atoms with van der Waals surface area (Å²) in [4.78, 5) is 0. The summed E-state index contributed by atoms with van der Waals surface area (Å²) in [6.45, 7) is 6.84. The Morgan fingerprint density at radius 3 is 2.48 bits per heavy atom. The van der Waals surface area contributed by atoms with Crippen LogP contribution >= 0.6 is 12.2 Å². The molecule has 6 heteroatoms. The van der Waals surface area contributed by atoms with E-state index in [1.165, 1.54) is 12.1 Å². The van der Waals surface area contributed by atoms with E-state index in [-0.39, 0.29) is 17.3 Å². The first-order chi connectivity index (χ1) is 11.9. The van der Waals surface area contributed by atoms with Crippen LogP contribution in [0, 0.1) is 15.9 Å². The Morgan fingerprint density at radius 1 is 1.12 bits per heavy atom. The normalized spacial score (nSPS) is 13.1.